The second kappa shape index (κ2) is 8.98. The number of nitrogens with zero attached hydrogens (tertiary/aromatic N) is 5. The molecule has 2 fully saturated rings. The van der Waals surface area contributed by atoms with Gasteiger partial charge in [-0.05, 0) is 62.3 Å². The second-order valence-electron chi connectivity index (χ2n) is 9.61. The average Bonchev–Trinajstić information content (AvgIpc) is 3.35. The number of carbonyl (C=O) groups is 1. The third-order valence-corrected chi connectivity index (χ3v) is 7.29. The molecular weight excluding hydrogens is 457 g/mol. The molecule has 1 saturated carbocycles. The first-order valence-corrected chi connectivity index (χ1v) is 11.8. The zero-order chi connectivity index (χ0) is 24.6. The molecule has 1 saturated heterocycles. The van der Waals surface area contributed by atoms with E-state index in [0.717, 1.165) is 43.5 Å². The summed E-state index contributed by atoms with van der Waals surface area (Å²) in [6.45, 7) is 2.98. The lowest BCUT2D eigenvalue weighted by Crippen LogP contribution is -2.54. The van der Waals surface area contributed by atoms with E-state index >= 15 is 0 Å². The largest absolute Gasteiger partial charge is 0.417 e. The fourth-order valence-electron chi connectivity index (χ4n) is 5.21. The van der Waals surface area contributed by atoms with Crippen molar-refractivity contribution in [3.05, 3.63) is 65.6 Å². The predicted octanol–water partition coefficient (Wildman–Crippen LogP) is 4.88. The predicted molar refractivity (Wildman–Crippen MR) is 124 cm³/mol. The standard InChI is InChI=1S/C25H27F3N6O/c1-17-3-5-21(34-31-10-11-32-34)20(13-17)23(35)33-12-9-24(7-2-8-24)14-19(33)16-30-22-6-4-18(15-29-22)25(26,27)28/h3-6,10-11,13,15,19H,2,7-9,12,14,16H2,1H3,(H,29,30). The van der Waals surface area contributed by atoms with E-state index in [4.69, 9.17) is 0 Å². The third kappa shape index (κ3) is 4.74. The Morgan fingerprint density at radius 3 is 2.54 bits per heavy atom. The lowest BCUT2D eigenvalue weighted by atomic mass is 9.61. The van der Waals surface area contributed by atoms with Crippen molar-refractivity contribution < 1.29 is 18.0 Å². The first-order valence-electron chi connectivity index (χ1n) is 11.8. The van der Waals surface area contributed by atoms with Gasteiger partial charge in [0.1, 0.15) is 5.82 Å². The Morgan fingerprint density at radius 2 is 1.91 bits per heavy atom. The van der Waals surface area contributed by atoms with Crippen molar-refractivity contribution in [3.63, 3.8) is 0 Å². The summed E-state index contributed by atoms with van der Waals surface area (Å²) in [5.41, 5.74) is 1.56. The number of amides is 1. The molecule has 2 aliphatic rings. The average molecular weight is 485 g/mol. The van der Waals surface area contributed by atoms with Gasteiger partial charge in [-0.2, -0.15) is 28.2 Å². The van der Waals surface area contributed by atoms with Crippen LogP contribution in [0.1, 0.15) is 53.6 Å². The highest BCUT2D eigenvalue weighted by molar-refractivity contribution is 5.98. The van der Waals surface area contributed by atoms with Crippen molar-refractivity contribution in [3.8, 4) is 5.69 Å². The van der Waals surface area contributed by atoms with Crippen molar-refractivity contribution in [2.75, 3.05) is 18.4 Å². The Hall–Kier alpha value is -3.43. The van der Waals surface area contributed by atoms with Crippen LogP contribution >= 0.6 is 0 Å². The highest BCUT2D eigenvalue weighted by atomic mass is 19.4. The third-order valence-electron chi connectivity index (χ3n) is 7.29. The number of piperidine rings is 1. The van der Waals surface area contributed by atoms with Crippen LogP contribution in [0, 0.1) is 12.3 Å². The van der Waals surface area contributed by atoms with E-state index in [1.807, 2.05) is 30.0 Å². The number of aryl methyl sites for hydroxylation is 1. The maximum Gasteiger partial charge on any atom is 0.417 e. The summed E-state index contributed by atoms with van der Waals surface area (Å²) in [7, 11) is 0. The fraction of sp³-hybridized carbons (Fsp3) is 0.440. The van der Waals surface area contributed by atoms with Gasteiger partial charge in [0, 0.05) is 25.3 Å². The van der Waals surface area contributed by atoms with E-state index in [2.05, 4.69) is 20.5 Å². The van der Waals surface area contributed by atoms with Gasteiger partial charge >= 0.3 is 6.18 Å². The van der Waals surface area contributed by atoms with Gasteiger partial charge in [-0.15, -0.1) is 0 Å². The highest BCUT2D eigenvalue weighted by Gasteiger charge is 2.45. The maximum absolute atomic E-state index is 13.9. The molecule has 3 aromatic rings. The Kier molecular flexibility index (Phi) is 5.98. The van der Waals surface area contributed by atoms with Gasteiger partial charge < -0.3 is 10.2 Å². The van der Waals surface area contributed by atoms with Crippen molar-refractivity contribution in [2.45, 2.75) is 51.2 Å². The Bertz CT molecular complexity index is 1190. The molecule has 1 N–H and O–H groups in total. The molecule has 0 radical (unpaired) electrons. The zero-order valence-corrected chi connectivity index (χ0v) is 19.4. The van der Waals surface area contributed by atoms with Crippen LogP contribution in [0.5, 0.6) is 0 Å². The van der Waals surface area contributed by atoms with Crippen LogP contribution in [0.25, 0.3) is 5.69 Å². The van der Waals surface area contributed by atoms with E-state index in [0.29, 0.717) is 30.2 Å². The number of aromatic nitrogens is 4. The van der Waals surface area contributed by atoms with Crippen molar-refractivity contribution >= 4 is 11.7 Å². The molecule has 10 heteroatoms. The van der Waals surface area contributed by atoms with Crippen LogP contribution in [0.4, 0.5) is 19.0 Å². The monoisotopic (exact) mass is 484 g/mol. The van der Waals surface area contributed by atoms with E-state index in [1.165, 1.54) is 17.3 Å². The van der Waals surface area contributed by atoms with E-state index in [9.17, 15) is 18.0 Å². The van der Waals surface area contributed by atoms with Crippen molar-refractivity contribution in [2.24, 2.45) is 5.41 Å². The Labute approximate surface area is 201 Å². The minimum atomic E-state index is -4.43. The summed E-state index contributed by atoms with van der Waals surface area (Å²) in [5, 5.41) is 11.6. The molecule has 0 bridgehead atoms. The normalized spacial score (nSPS) is 19.4. The summed E-state index contributed by atoms with van der Waals surface area (Å²) >= 11 is 0. The molecule has 1 aromatic carbocycles. The van der Waals surface area contributed by atoms with Crippen LogP contribution in [0.15, 0.2) is 48.9 Å². The molecule has 7 nitrogen and oxygen atoms in total. The molecular formula is C25H27F3N6O. The molecule has 184 valence electrons. The number of halogens is 3. The van der Waals surface area contributed by atoms with E-state index < -0.39 is 11.7 Å². The van der Waals surface area contributed by atoms with Crippen LogP contribution in [-0.4, -0.2) is 49.9 Å². The number of benzene rings is 1. The molecule has 1 amide bonds. The number of likely N-dealkylation sites (tertiary alicyclic amines) is 1. The summed E-state index contributed by atoms with van der Waals surface area (Å²) in [5.74, 6) is 0.262. The molecule has 1 spiro atoms. The molecule has 1 unspecified atom stereocenters. The first kappa shape index (κ1) is 23.3. The number of hydrogen-bond donors (Lipinski definition) is 1. The van der Waals surface area contributed by atoms with Gasteiger partial charge in [-0.25, -0.2) is 4.98 Å². The van der Waals surface area contributed by atoms with Crippen LogP contribution in [0.2, 0.25) is 0 Å². The minimum absolute atomic E-state index is 0.0950. The van der Waals surface area contributed by atoms with Crippen LogP contribution in [0.3, 0.4) is 0 Å². The second-order valence-corrected chi connectivity index (χ2v) is 9.61. The number of anilines is 1. The minimum Gasteiger partial charge on any atom is -0.368 e. The van der Waals surface area contributed by atoms with E-state index in [1.54, 1.807) is 12.4 Å². The maximum atomic E-state index is 13.9. The molecule has 1 atom stereocenters. The van der Waals surface area contributed by atoms with Gasteiger partial charge in [0.2, 0.25) is 0 Å². The highest BCUT2D eigenvalue weighted by Crippen LogP contribution is 2.50. The van der Waals surface area contributed by atoms with Crippen LogP contribution < -0.4 is 5.32 Å². The van der Waals surface area contributed by atoms with Crippen molar-refractivity contribution in [1.29, 1.82) is 0 Å². The molecule has 35 heavy (non-hydrogen) atoms. The van der Waals surface area contributed by atoms with Crippen LogP contribution in [-0.2, 0) is 6.18 Å². The number of rotatable bonds is 5. The molecule has 1 aliphatic heterocycles. The number of nitrogens with one attached hydrogen (secondary N) is 1. The van der Waals surface area contributed by atoms with Gasteiger partial charge in [-0.1, -0.05) is 18.1 Å². The van der Waals surface area contributed by atoms with Gasteiger partial charge in [-0.3, -0.25) is 4.79 Å². The van der Waals surface area contributed by atoms with Crippen molar-refractivity contribution in [1.82, 2.24) is 24.9 Å². The molecule has 1 aliphatic carbocycles. The summed E-state index contributed by atoms with van der Waals surface area (Å²) in [6.07, 6.45) is 4.84. The topological polar surface area (TPSA) is 75.9 Å². The fourth-order valence-corrected chi connectivity index (χ4v) is 5.21. The van der Waals surface area contributed by atoms with Gasteiger partial charge in [0.05, 0.1) is 29.2 Å². The smallest absolute Gasteiger partial charge is 0.368 e. The van der Waals surface area contributed by atoms with Gasteiger partial charge in [0.15, 0.2) is 0 Å². The summed E-state index contributed by atoms with van der Waals surface area (Å²) < 4.78 is 38.6. The number of alkyl halides is 3. The first-order chi connectivity index (χ1) is 16.7. The lowest BCUT2D eigenvalue weighted by Gasteiger charge is -2.51. The number of hydrogen-bond acceptors (Lipinski definition) is 5. The summed E-state index contributed by atoms with van der Waals surface area (Å²) in [4.78, 5) is 21.1. The Morgan fingerprint density at radius 1 is 1.14 bits per heavy atom. The SMILES string of the molecule is Cc1ccc(-n2nccn2)c(C(=O)N2CCC3(CCC3)CC2CNc2ccc(C(F)(F)F)cn2)c1. The van der Waals surface area contributed by atoms with E-state index in [-0.39, 0.29) is 17.4 Å². The molecule has 2 aromatic heterocycles. The summed E-state index contributed by atoms with van der Waals surface area (Å²) in [6, 6.07) is 7.86. The molecule has 5 rings (SSSR count). The number of pyridine rings is 1. The quantitative estimate of drug-likeness (QED) is 0.559. The Balaban J connectivity index is 1.38. The lowest BCUT2D eigenvalue weighted by molar-refractivity contribution is -0.137. The number of carbonyl (C=O) groups excluding carboxylic acids is 1. The zero-order valence-electron chi connectivity index (χ0n) is 19.4. The molecule has 3 heterocycles. The van der Waals surface area contributed by atoms with Gasteiger partial charge in [0.25, 0.3) is 5.91 Å².